The Morgan fingerprint density at radius 2 is 2.04 bits per heavy atom. The van der Waals surface area contributed by atoms with E-state index in [0.29, 0.717) is 23.7 Å². The van der Waals surface area contributed by atoms with Gasteiger partial charge in [0, 0.05) is 12.2 Å². The molecule has 132 valence electrons. The third-order valence-corrected chi connectivity index (χ3v) is 4.06. The van der Waals surface area contributed by atoms with Crippen LogP contribution in [0, 0.1) is 3.57 Å². The maximum absolute atomic E-state index is 11.0. The molecule has 0 bridgehead atoms. The number of halogens is 1. The lowest BCUT2D eigenvalue weighted by atomic mass is 10.1. The lowest BCUT2D eigenvalue weighted by Gasteiger charge is -2.14. The molecule has 4 N–H and O–H groups in total. The molecule has 0 spiro atoms. The number of nitrogens with one attached hydrogen (secondary N) is 1. The second kappa shape index (κ2) is 8.56. The van der Waals surface area contributed by atoms with Gasteiger partial charge in [-0.3, -0.25) is 4.79 Å². The summed E-state index contributed by atoms with van der Waals surface area (Å²) in [5.41, 5.74) is 6.92. The Balaban J connectivity index is 2.14. The molecule has 1 amide bonds. The summed E-state index contributed by atoms with van der Waals surface area (Å²) in [4.78, 5) is 21.9. The number of aromatic carboxylic acids is 1. The molecule has 0 saturated heterocycles. The van der Waals surface area contributed by atoms with E-state index < -0.39 is 11.9 Å². The number of carbonyl (C=O) groups excluding carboxylic acids is 1. The van der Waals surface area contributed by atoms with E-state index in [1.54, 1.807) is 24.3 Å². The summed E-state index contributed by atoms with van der Waals surface area (Å²) in [7, 11) is 1.51. The van der Waals surface area contributed by atoms with Crippen molar-refractivity contribution in [3.05, 3.63) is 51.1 Å². The number of amides is 1. The normalized spacial score (nSPS) is 10.2. The van der Waals surface area contributed by atoms with Crippen LogP contribution >= 0.6 is 22.6 Å². The number of carboxylic acids is 1. The van der Waals surface area contributed by atoms with Crippen LogP contribution in [-0.4, -0.2) is 30.7 Å². The van der Waals surface area contributed by atoms with Crippen molar-refractivity contribution in [3.8, 4) is 11.5 Å². The fourth-order valence-electron chi connectivity index (χ4n) is 2.12. The molecule has 0 aliphatic carbocycles. The molecule has 0 fully saturated rings. The van der Waals surface area contributed by atoms with Crippen LogP contribution < -0.4 is 20.5 Å². The second-order valence-electron chi connectivity index (χ2n) is 5.10. The van der Waals surface area contributed by atoms with Gasteiger partial charge in [0.2, 0.25) is 0 Å². The zero-order chi connectivity index (χ0) is 18.4. The molecule has 25 heavy (non-hydrogen) atoms. The van der Waals surface area contributed by atoms with E-state index in [0.717, 1.165) is 9.13 Å². The van der Waals surface area contributed by atoms with Crippen molar-refractivity contribution in [1.82, 2.24) is 0 Å². The third-order valence-electron chi connectivity index (χ3n) is 3.25. The highest BCUT2D eigenvalue weighted by Gasteiger charge is 2.13. The fraction of sp³-hybridized carbons (Fsp3) is 0.176. The van der Waals surface area contributed by atoms with Crippen molar-refractivity contribution >= 4 is 40.2 Å². The van der Waals surface area contributed by atoms with Crippen molar-refractivity contribution in [3.63, 3.8) is 0 Å². The Hall–Kier alpha value is -2.49. The zero-order valence-corrected chi connectivity index (χ0v) is 15.6. The van der Waals surface area contributed by atoms with E-state index in [4.69, 9.17) is 20.3 Å². The molecular formula is C17H17IN2O5. The van der Waals surface area contributed by atoms with E-state index >= 15 is 0 Å². The van der Waals surface area contributed by atoms with Crippen LogP contribution in [0.25, 0.3) is 0 Å². The topological polar surface area (TPSA) is 111 Å². The van der Waals surface area contributed by atoms with Crippen LogP contribution in [0.15, 0.2) is 36.4 Å². The van der Waals surface area contributed by atoms with Gasteiger partial charge in [-0.2, -0.15) is 0 Å². The second-order valence-corrected chi connectivity index (χ2v) is 6.27. The molecular weight excluding hydrogens is 439 g/mol. The number of nitrogens with two attached hydrogens (primary N) is 1. The van der Waals surface area contributed by atoms with Crippen LogP contribution in [0.3, 0.4) is 0 Å². The molecule has 0 unspecified atom stereocenters. The number of anilines is 1. The highest BCUT2D eigenvalue weighted by atomic mass is 127. The molecule has 7 nitrogen and oxygen atoms in total. The molecule has 0 atom stereocenters. The molecule has 2 rings (SSSR count). The molecule has 2 aromatic carbocycles. The van der Waals surface area contributed by atoms with Crippen molar-refractivity contribution in [2.24, 2.45) is 5.73 Å². The van der Waals surface area contributed by atoms with Crippen LogP contribution in [0.4, 0.5) is 5.69 Å². The largest absolute Gasteiger partial charge is 0.493 e. The Kier molecular flexibility index (Phi) is 6.45. The first kappa shape index (κ1) is 18.8. The van der Waals surface area contributed by atoms with E-state index in [1.807, 2.05) is 6.07 Å². The molecule has 8 heteroatoms. The number of ether oxygens (including phenoxy) is 2. The van der Waals surface area contributed by atoms with Gasteiger partial charge in [0.05, 0.1) is 16.2 Å². The van der Waals surface area contributed by atoms with Gasteiger partial charge in [-0.05, 0) is 58.5 Å². The SMILES string of the molecule is COc1cc(CNc2cccc(C(=O)O)c2)cc(I)c1OCC(N)=O. The van der Waals surface area contributed by atoms with Crippen molar-refractivity contribution in [2.45, 2.75) is 6.54 Å². The van der Waals surface area contributed by atoms with Gasteiger partial charge in [-0.25, -0.2) is 4.79 Å². The summed E-state index contributed by atoms with van der Waals surface area (Å²) in [5, 5.41) is 12.2. The van der Waals surface area contributed by atoms with E-state index in [-0.39, 0.29) is 12.2 Å². The van der Waals surface area contributed by atoms with E-state index in [2.05, 4.69) is 27.9 Å². The molecule has 2 aromatic rings. The summed E-state index contributed by atoms with van der Waals surface area (Å²) in [5.74, 6) is -0.597. The molecule has 0 aliphatic rings. The number of primary amides is 1. The summed E-state index contributed by atoms with van der Waals surface area (Å²) >= 11 is 2.09. The van der Waals surface area contributed by atoms with Crippen molar-refractivity contribution in [1.29, 1.82) is 0 Å². The van der Waals surface area contributed by atoms with Crippen LogP contribution in [0.2, 0.25) is 0 Å². The van der Waals surface area contributed by atoms with Gasteiger partial charge < -0.3 is 25.6 Å². The summed E-state index contributed by atoms with van der Waals surface area (Å²) in [6.07, 6.45) is 0. The highest BCUT2D eigenvalue weighted by molar-refractivity contribution is 14.1. The summed E-state index contributed by atoms with van der Waals surface area (Å²) < 4.78 is 11.5. The van der Waals surface area contributed by atoms with Gasteiger partial charge in [0.25, 0.3) is 5.91 Å². The molecule has 0 aliphatic heterocycles. The predicted octanol–water partition coefficient (Wildman–Crippen LogP) is 2.47. The van der Waals surface area contributed by atoms with Crippen LogP contribution in [-0.2, 0) is 11.3 Å². The molecule has 0 radical (unpaired) electrons. The van der Waals surface area contributed by atoms with Gasteiger partial charge in [0.1, 0.15) is 0 Å². The number of carbonyl (C=O) groups is 2. The van der Waals surface area contributed by atoms with Crippen molar-refractivity contribution < 1.29 is 24.2 Å². The highest BCUT2D eigenvalue weighted by Crippen LogP contribution is 2.34. The number of hydrogen-bond acceptors (Lipinski definition) is 5. The average molecular weight is 456 g/mol. The number of methoxy groups -OCH3 is 1. The fourth-order valence-corrected chi connectivity index (χ4v) is 2.95. The third kappa shape index (κ3) is 5.24. The van der Waals surface area contributed by atoms with Crippen LogP contribution in [0.1, 0.15) is 15.9 Å². The van der Waals surface area contributed by atoms with Gasteiger partial charge in [-0.15, -0.1) is 0 Å². The Bertz CT molecular complexity index is 795. The smallest absolute Gasteiger partial charge is 0.335 e. The van der Waals surface area contributed by atoms with Crippen molar-refractivity contribution in [2.75, 3.05) is 19.0 Å². The van der Waals surface area contributed by atoms with Gasteiger partial charge in [-0.1, -0.05) is 6.07 Å². The first-order valence-electron chi connectivity index (χ1n) is 7.25. The monoisotopic (exact) mass is 456 g/mol. The Morgan fingerprint density at radius 1 is 1.28 bits per heavy atom. The Labute approximate surface area is 158 Å². The molecule has 0 heterocycles. The average Bonchev–Trinajstić information content (AvgIpc) is 2.58. The quantitative estimate of drug-likeness (QED) is 0.527. The predicted molar refractivity (Wildman–Crippen MR) is 101 cm³/mol. The zero-order valence-electron chi connectivity index (χ0n) is 13.4. The summed E-state index contributed by atoms with van der Waals surface area (Å²) in [6.45, 7) is 0.234. The minimum Gasteiger partial charge on any atom is -0.493 e. The molecule has 0 aromatic heterocycles. The van der Waals surface area contributed by atoms with Crippen LogP contribution in [0.5, 0.6) is 11.5 Å². The minimum atomic E-state index is -0.976. The molecule has 0 saturated carbocycles. The Morgan fingerprint density at radius 3 is 2.68 bits per heavy atom. The number of benzene rings is 2. The summed E-state index contributed by atoms with van der Waals surface area (Å²) in [6, 6.07) is 10.2. The van der Waals surface area contributed by atoms with Gasteiger partial charge >= 0.3 is 5.97 Å². The first-order valence-corrected chi connectivity index (χ1v) is 8.33. The number of carboxylic acid groups (broad SMARTS) is 1. The maximum Gasteiger partial charge on any atom is 0.335 e. The van der Waals surface area contributed by atoms with Gasteiger partial charge in [0.15, 0.2) is 18.1 Å². The first-order chi connectivity index (χ1) is 11.9. The lowest BCUT2D eigenvalue weighted by Crippen LogP contribution is -2.20. The van der Waals surface area contributed by atoms with E-state index in [9.17, 15) is 9.59 Å². The number of hydrogen-bond donors (Lipinski definition) is 3. The van der Waals surface area contributed by atoms with E-state index in [1.165, 1.54) is 13.2 Å². The lowest BCUT2D eigenvalue weighted by molar-refractivity contribution is -0.119. The standard InChI is InChI=1S/C17H17IN2O5/c1-24-14-6-10(5-13(18)16(14)25-9-15(19)21)8-20-12-4-2-3-11(7-12)17(22)23/h2-7,20H,8-9H2,1H3,(H2,19,21)(H,22,23). The number of rotatable bonds is 8. The minimum absolute atomic E-state index is 0.215. The maximum atomic E-state index is 11.0.